The van der Waals surface area contributed by atoms with Crippen LogP contribution >= 0.6 is 0 Å². The van der Waals surface area contributed by atoms with Gasteiger partial charge in [0.2, 0.25) is 0 Å². The molecule has 15 heavy (non-hydrogen) atoms. The van der Waals surface area contributed by atoms with E-state index in [1.807, 2.05) is 13.8 Å². The zero-order valence-electron chi connectivity index (χ0n) is 10.3. The third kappa shape index (κ3) is 3.27. The van der Waals surface area contributed by atoms with E-state index in [1.54, 1.807) is 0 Å². The Hall–Kier alpha value is -0.960. The van der Waals surface area contributed by atoms with Crippen molar-refractivity contribution in [2.24, 2.45) is 0 Å². The first kappa shape index (κ1) is 12.1. The summed E-state index contributed by atoms with van der Waals surface area (Å²) in [5, 5.41) is 3.42. The van der Waals surface area contributed by atoms with Crippen LogP contribution in [0.15, 0.2) is 6.07 Å². The van der Waals surface area contributed by atoms with Crippen molar-refractivity contribution in [3.8, 4) is 0 Å². The molecule has 0 radical (unpaired) electrons. The highest BCUT2D eigenvalue weighted by molar-refractivity contribution is 5.14. The predicted octanol–water partition coefficient (Wildman–Crippen LogP) is 2.19. The topological polar surface area (TPSA) is 37.8 Å². The molecule has 1 N–H and O–H groups in total. The molecule has 0 fully saturated rings. The monoisotopic (exact) mass is 207 g/mol. The Morgan fingerprint density at radius 1 is 1.27 bits per heavy atom. The van der Waals surface area contributed by atoms with E-state index in [1.165, 1.54) is 0 Å². The number of nitrogens with zero attached hydrogens (tertiary/aromatic N) is 2. The van der Waals surface area contributed by atoms with Crippen molar-refractivity contribution in [3.05, 3.63) is 23.3 Å². The summed E-state index contributed by atoms with van der Waals surface area (Å²) in [5.41, 5.74) is 2.18. The summed E-state index contributed by atoms with van der Waals surface area (Å²) < 4.78 is 0. The fourth-order valence-electron chi connectivity index (χ4n) is 1.73. The summed E-state index contributed by atoms with van der Waals surface area (Å²) in [6.45, 7) is 11.5. The minimum absolute atomic E-state index is 0.422. The smallest absolute Gasteiger partial charge is 0.125 e. The number of nitrogens with one attached hydrogen (secondary N) is 1. The maximum atomic E-state index is 4.49. The van der Waals surface area contributed by atoms with Crippen LogP contribution in [0.5, 0.6) is 0 Å². The summed E-state index contributed by atoms with van der Waals surface area (Å²) in [7, 11) is 0. The lowest BCUT2D eigenvalue weighted by molar-refractivity contribution is 0.486. The van der Waals surface area contributed by atoms with Gasteiger partial charge in [-0.25, -0.2) is 9.97 Å². The van der Waals surface area contributed by atoms with Gasteiger partial charge in [0.05, 0.1) is 0 Å². The van der Waals surface area contributed by atoms with Gasteiger partial charge in [0.1, 0.15) is 5.82 Å². The van der Waals surface area contributed by atoms with Crippen LogP contribution in [0.1, 0.15) is 43.9 Å². The highest BCUT2D eigenvalue weighted by Gasteiger charge is 2.15. The van der Waals surface area contributed by atoms with Crippen LogP contribution in [-0.2, 0) is 0 Å². The second-order valence-corrected chi connectivity index (χ2v) is 4.12. The molecule has 0 aliphatic carbocycles. The fraction of sp³-hybridized carbons (Fsp3) is 0.667. The Labute approximate surface area is 92.3 Å². The molecule has 1 aromatic rings. The largest absolute Gasteiger partial charge is 0.314 e. The lowest BCUT2D eigenvalue weighted by Gasteiger charge is -2.20. The van der Waals surface area contributed by atoms with Crippen molar-refractivity contribution in [3.63, 3.8) is 0 Å². The van der Waals surface area contributed by atoms with Gasteiger partial charge < -0.3 is 5.32 Å². The van der Waals surface area contributed by atoms with Gasteiger partial charge in [-0.3, -0.25) is 0 Å². The van der Waals surface area contributed by atoms with Crippen molar-refractivity contribution in [1.29, 1.82) is 0 Å². The Balaban J connectivity index is 2.85. The molecular weight excluding hydrogens is 186 g/mol. The Morgan fingerprint density at radius 3 is 2.47 bits per heavy atom. The standard InChI is InChI=1S/C12H21N3/c1-6-13-10(4)9(3)12-7-8(2)14-11(5)15-12/h7,9-10,13H,6H2,1-5H3. The van der Waals surface area contributed by atoms with E-state index in [2.05, 4.69) is 42.1 Å². The van der Waals surface area contributed by atoms with Crippen LogP contribution in [0.4, 0.5) is 0 Å². The van der Waals surface area contributed by atoms with Crippen LogP contribution in [0.3, 0.4) is 0 Å². The molecule has 0 amide bonds. The molecule has 0 aromatic carbocycles. The fourth-order valence-corrected chi connectivity index (χ4v) is 1.73. The molecule has 84 valence electrons. The molecule has 3 heteroatoms. The highest BCUT2D eigenvalue weighted by Crippen LogP contribution is 2.17. The van der Waals surface area contributed by atoms with Gasteiger partial charge in [0.25, 0.3) is 0 Å². The zero-order valence-corrected chi connectivity index (χ0v) is 10.3. The van der Waals surface area contributed by atoms with Crippen LogP contribution in [0, 0.1) is 13.8 Å². The molecule has 2 unspecified atom stereocenters. The van der Waals surface area contributed by atoms with E-state index in [0.717, 1.165) is 23.8 Å². The zero-order chi connectivity index (χ0) is 11.4. The molecular formula is C12H21N3. The van der Waals surface area contributed by atoms with Crippen LogP contribution < -0.4 is 5.32 Å². The van der Waals surface area contributed by atoms with Crippen molar-refractivity contribution in [2.45, 2.75) is 46.6 Å². The predicted molar refractivity (Wildman–Crippen MR) is 63.1 cm³/mol. The van der Waals surface area contributed by atoms with E-state index in [9.17, 15) is 0 Å². The molecule has 1 rings (SSSR count). The molecule has 0 saturated heterocycles. The Bertz CT molecular complexity index is 302. The molecule has 2 atom stereocenters. The van der Waals surface area contributed by atoms with E-state index in [0.29, 0.717) is 12.0 Å². The van der Waals surface area contributed by atoms with E-state index < -0.39 is 0 Å². The van der Waals surface area contributed by atoms with Crippen LogP contribution in [0.2, 0.25) is 0 Å². The lowest BCUT2D eigenvalue weighted by atomic mass is 9.99. The van der Waals surface area contributed by atoms with Gasteiger partial charge in [-0.2, -0.15) is 0 Å². The van der Waals surface area contributed by atoms with E-state index in [-0.39, 0.29) is 0 Å². The van der Waals surface area contributed by atoms with Gasteiger partial charge in [-0.1, -0.05) is 13.8 Å². The second kappa shape index (κ2) is 5.21. The van der Waals surface area contributed by atoms with Crippen molar-refractivity contribution in [2.75, 3.05) is 6.54 Å². The van der Waals surface area contributed by atoms with Crippen LogP contribution in [0.25, 0.3) is 0 Å². The Kier molecular flexibility index (Phi) is 4.21. The quantitative estimate of drug-likeness (QED) is 0.822. The lowest BCUT2D eigenvalue weighted by Crippen LogP contribution is -2.31. The maximum absolute atomic E-state index is 4.49. The first-order chi connectivity index (χ1) is 7.04. The molecule has 3 nitrogen and oxygen atoms in total. The minimum Gasteiger partial charge on any atom is -0.314 e. The van der Waals surface area contributed by atoms with E-state index in [4.69, 9.17) is 0 Å². The number of rotatable bonds is 4. The van der Waals surface area contributed by atoms with Crippen molar-refractivity contribution < 1.29 is 0 Å². The SMILES string of the molecule is CCNC(C)C(C)c1cc(C)nc(C)n1. The maximum Gasteiger partial charge on any atom is 0.125 e. The molecule has 1 aromatic heterocycles. The third-order valence-corrected chi connectivity index (χ3v) is 2.73. The summed E-state index contributed by atoms with van der Waals surface area (Å²) >= 11 is 0. The molecule has 0 bridgehead atoms. The number of aryl methyl sites for hydroxylation is 2. The van der Waals surface area contributed by atoms with Gasteiger partial charge in [0, 0.05) is 23.3 Å². The highest BCUT2D eigenvalue weighted by atomic mass is 14.9. The van der Waals surface area contributed by atoms with E-state index >= 15 is 0 Å². The summed E-state index contributed by atoms with van der Waals surface area (Å²) in [6, 6.07) is 2.52. The summed E-state index contributed by atoms with van der Waals surface area (Å²) in [6.07, 6.45) is 0. The van der Waals surface area contributed by atoms with Gasteiger partial charge >= 0.3 is 0 Å². The van der Waals surface area contributed by atoms with Gasteiger partial charge in [0.15, 0.2) is 0 Å². The minimum atomic E-state index is 0.422. The van der Waals surface area contributed by atoms with Gasteiger partial charge in [-0.05, 0) is 33.4 Å². The second-order valence-electron chi connectivity index (χ2n) is 4.12. The van der Waals surface area contributed by atoms with Crippen molar-refractivity contribution >= 4 is 0 Å². The summed E-state index contributed by atoms with van der Waals surface area (Å²) in [5.74, 6) is 1.28. The number of aromatic nitrogens is 2. The Morgan fingerprint density at radius 2 is 1.93 bits per heavy atom. The number of hydrogen-bond donors (Lipinski definition) is 1. The molecule has 0 spiro atoms. The summed E-state index contributed by atoms with van der Waals surface area (Å²) in [4.78, 5) is 8.78. The van der Waals surface area contributed by atoms with Crippen LogP contribution in [-0.4, -0.2) is 22.6 Å². The van der Waals surface area contributed by atoms with Crippen molar-refractivity contribution in [1.82, 2.24) is 15.3 Å². The normalized spacial score (nSPS) is 15.0. The van der Waals surface area contributed by atoms with Gasteiger partial charge in [-0.15, -0.1) is 0 Å². The molecule has 0 saturated carbocycles. The third-order valence-electron chi connectivity index (χ3n) is 2.73. The number of likely N-dealkylation sites (N-methyl/N-ethyl adjacent to an activating group) is 1. The average molecular weight is 207 g/mol. The first-order valence-electron chi connectivity index (χ1n) is 5.60. The molecule has 0 aliphatic rings. The molecule has 0 aliphatic heterocycles. The first-order valence-corrected chi connectivity index (χ1v) is 5.60. The average Bonchev–Trinajstić information content (AvgIpc) is 2.15. The molecule has 1 heterocycles. The number of hydrogen-bond acceptors (Lipinski definition) is 3.